The quantitative estimate of drug-likeness (QED) is 0.432. The number of methoxy groups -OCH3 is 2. The van der Waals surface area contributed by atoms with E-state index in [1.165, 1.54) is 20.3 Å². The summed E-state index contributed by atoms with van der Waals surface area (Å²) < 4.78 is 15.6. The van der Waals surface area contributed by atoms with E-state index in [4.69, 9.17) is 21.1 Å². The molecule has 1 heterocycles. The van der Waals surface area contributed by atoms with E-state index in [1.807, 2.05) is 13.8 Å². The van der Waals surface area contributed by atoms with Crippen molar-refractivity contribution in [3.63, 3.8) is 0 Å². The first-order valence-corrected chi connectivity index (χ1v) is 8.64. The van der Waals surface area contributed by atoms with Crippen molar-refractivity contribution in [3.8, 4) is 11.5 Å². The van der Waals surface area contributed by atoms with Crippen LogP contribution >= 0.6 is 11.6 Å². The maximum absolute atomic E-state index is 12.3. The van der Waals surface area contributed by atoms with Crippen molar-refractivity contribution in [3.05, 3.63) is 28.4 Å². The van der Waals surface area contributed by atoms with Crippen molar-refractivity contribution in [2.24, 2.45) is 0 Å². The number of rotatable bonds is 7. The lowest BCUT2D eigenvalue weighted by molar-refractivity contribution is -0.143. The van der Waals surface area contributed by atoms with Crippen molar-refractivity contribution >= 4 is 35.6 Å². The van der Waals surface area contributed by atoms with E-state index in [0.29, 0.717) is 22.1 Å². The zero-order valence-corrected chi connectivity index (χ0v) is 16.3. The van der Waals surface area contributed by atoms with Gasteiger partial charge in [0.05, 0.1) is 25.3 Å². The van der Waals surface area contributed by atoms with Crippen LogP contribution < -0.4 is 14.8 Å². The Morgan fingerprint density at radius 3 is 2.63 bits per heavy atom. The normalized spacial score (nSPS) is 16.3. The number of nitrogens with zero attached hydrogens (tertiary/aromatic N) is 1. The second-order valence-electron chi connectivity index (χ2n) is 5.83. The van der Waals surface area contributed by atoms with Crippen LogP contribution in [0.3, 0.4) is 0 Å². The minimum absolute atomic E-state index is 0.0117. The number of halogens is 1. The molecule has 8 nitrogen and oxygen atoms in total. The van der Waals surface area contributed by atoms with E-state index in [0.717, 1.165) is 11.3 Å². The molecule has 1 aromatic rings. The number of carbonyl (C=O) groups is 3. The maximum Gasteiger partial charge on any atom is 0.329 e. The van der Waals surface area contributed by atoms with Crippen molar-refractivity contribution in [2.45, 2.75) is 26.4 Å². The monoisotopic (exact) mass is 396 g/mol. The van der Waals surface area contributed by atoms with Crippen LogP contribution in [0.4, 0.5) is 4.79 Å². The summed E-state index contributed by atoms with van der Waals surface area (Å²) in [6, 6.07) is 2.53. The van der Waals surface area contributed by atoms with E-state index in [-0.39, 0.29) is 11.8 Å². The fraction of sp³-hybridized carbons (Fsp3) is 0.389. The van der Waals surface area contributed by atoms with Gasteiger partial charge in [-0.3, -0.25) is 9.59 Å². The molecule has 0 aliphatic carbocycles. The highest BCUT2D eigenvalue weighted by Gasteiger charge is 2.35. The Morgan fingerprint density at radius 1 is 1.33 bits per heavy atom. The van der Waals surface area contributed by atoms with E-state index < -0.39 is 24.5 Å². The molecule has 0 bridgehead atoms. The second-order valence-corrected chi connectivity index (χ2v) is 6.23. The number of ether oxygens (including phenoxy) is 3. The average Bonchev–Trinajstić information content (AvgIpc) is 2.90. The van der Waals surface area contributed by atoms with E-state index >= 15 is 0 Å². The third kappa shape index (κ3) is 4.71. The molecule has 1 atom stereocenters. The molecule has 1 saturated heterocycles. The van der Waals surface area contributed by atoms with Crippen molar-refractivity contribution in [1.82, 2.24) is 10.2 Å². The SMILES string of the molecule is CC[C@@H](C)Oc1c(Cl)cc(/C=C2/NC(=O)N(CC(=O)OC)C2=O)cc1OC. The van der Waals surface area contributed by atoms with Gasteiger partial charge in [-0.25, -0.2) is 9.69 Å². The lowest BCUT2D eigenvalue weighted by Crippen LogP contribution is -2.36. The van der Waals surface area contributed by atoms with Gasteiger partial charge in [-0.15, -0.1) is 0 Å². The topological polar surface area (TPSA) is 94.2 Å². The predicted octanol–water partition coefficient (Wildman–Crippen LogP) is 2.59. The molecular formula is C18H21ClN2O6. The predicted molar refractivity (Wildman–Crippen MR) is 98.6 cm³/mol. The van der Waals surface area contributed by atoms with Gasteiger partial charge in [0.2, 0.25) is 0 Å². The lowest BCUT2D eigenvalue weighted by atomic mass is 10.1. The van der Waals surface area contributed by atoms with Crippen LogP contribution in [0.2, 0.25) is 5.02 Å². The summed E-state index contributed by atoms with van der Waals surface area (Å²) in [5.74, 6) is -0.529. The van der Waals surface area contributed by atoms with Crippen LogP contribution in [-0.4, -0.2) is 49.7 Å². The summed E-state index contributed by atoms with van der Waals surface area (Å²) >= 11 is 6.30. The standard InChI is InChI=1S/C18H21ClN2O6/c1-5-10(2)27-16-12(19)6-11(8-14(16)25-3)7-13-17(23)21(18(24)20-13)9-15(22)26-4/h6-8,10H,5,9H2,1-4H3,(H,20,24)/b13-7+/t10-/m1/s1. The van der Waals surface area contributed by atoms with E-state index in [9.17, 15) is 14.4 Å². The fourth-order valence-corrected chi connectivity index (χ4v) is 2.56. The summed E-state index contributed by atoms with van der Waals surface area (Å²) in [4.78, 5) is 36.3. The number of esters is 1. The molecule has 0 radical (unpaired) electrons. The summed E-state index contributed by atoms with van der Waals surface area (Å²) in [6.07, 6.45) is 2.18. The fourth-order valence-electron chi connectivity index (χ4n) is 2.30. The Morgan fingerprint density at radius 2 is 2.04 bits per heavy atom. The minimum Gasteiger partial charge on any atom is -0.493 e. The number of carbonyl (C=O) groups excluding carboxylic acids is 3. The van der Waals surface area contributed by atoms with Crippen LogP contribution in [0.25, 0.3) is 6.08 Å². The number of urea groups is 1. The molecule has 1 aliphatic rings. The summed E-state index contributed by atoms with van der Waals surface area (Å²) in [5, 5.41) is 2.73. The molecule has 27 heavy (non-hydrogen) atoms. The number of hydrogen-bond donors (Lipinski definition) is 1. The highest BCUT2D eigenvalue weighted by Crippen LogP contribution is 2.38. The van der Waals surface area contributed by atoms with Crippen molar-refractivity contribution in [2.75, 3.05) is 20.8 Å². The molecule has 1 N–H and O–H groups in total. The molecule has 2 rings (SSSR count). The van der Waals surface area contributed by atoms with Crippen molar-refractivity contribution < 1.29 is 28.6 Å². The third-order valence-electron chi connectivity index (χ3n) is 3.93. The zero-order chi connectivity index (χ0) is 20.1. The number of amides is 3. The van der Waals surface area contributed by atoms with Gasteiger partial charge in [-0.05, 0) is 37.1 Å². The van der Waals surface area contributed by atoms with Gasteiger partial charge < -0.3 is 19.5 Å². The number of benzene rings is 1. The van der Waals surface area contributed by atoms with Crippen LogP contribution in [0.15, 0.2) is 17.8 Å². The molecule has 3 amide bonds. The Balaban J connectivity index is 2.31. The second kappa shape index (κ2) is 8.77. The van der Waals surface area contributed by atoms with Gasteiger partial charge in [0.15, 0.2) is 11.5 Å². The van der Waals surface area contributed by atoms with Crippen molar-refractivity contribution in [1.29, 1.82) is 0 Å². The zero-order valence-electron chi connectivity index (χ0n) is 15.5. The van der Waals surface area contributed by atoms with E-state index in [1.54, 1.807) is 12.1 Å². The minimum atomic E-state index is -0.702. The summed E-state index contributed by atoms with van der Waals surface area (Å²) in [6.45, 7) is 3.43. The Hall–Kier alpha value is -2.74. The van der Waals surface area contributed by atoms with Gasteiger partial charge in [-0.2, -0.15) is 0 Å². The van der Waals surface area contributed by atoms with Gasteiger partial charge in [0.25, 0.3) is 5.91 Å². The van der Waals surface area contributed by atoms with Crippen LogP contribution in [0.5, 0.6) is 11.5 Å². The molecule has 1 aromatic carbocycles. The number of hydrogen-bond acceptors (Lipinski definition) is 6. The van der Waals surface area contributed by atoms with Crippen LogP contribution in [-0.2, 0) is 14.3 Å². The average molecular weight is 397 g/mol. The first-order chi connectivity index (χ1) is 12.8. The number of nitrogens with one attached hydrogen (secondary N) is 1. The Labute approximate surface area is 162 Å². The Bertz CT molecular complexity index is 792. The lowest BCUT2D eigenvalue weighted by Gasteiger charge is -2.17. The van der Waals surface area contributed by atoms with Crippen LogP contribution in [0, 0.1) is 0 Å². The van der Waals surface area contributed by atoms with Gasteiger partial charge in [0, 0.05) is 0 Å². The Kier molecular flexibility index (Phi) is 6.68. The van der Waals surface area contributed by atoms with Gasteiger partial charge in [-0.1, -0.05) is 18.5 Å². The maximum atomic E-state index is 12.3. The molecule has 9 heteroatoms. The third-order valence-corrected chi connectivity index (χ3v) is 4.21. The molecule has 1 aliphatic heterocycles. The molecule has 0 saturated carbocycles. The molecular weight excluding hydrogens is 376 g/mol. The largest absolute Gasteiger partial charge is 0.493 e. The molecule has 0 spiro atoms. The molecule has 146 valence electrons. The van der Waals surface area contributed by atoms with Gasteiger partial charge in [0.1, 0.15) is 12.2 Å². The smallest absolute Gasteiger partial charge is 0.329 e. The first kappa shape index (κ1) is 20.6. The van der Waals surface area contributed by atoms with Crippen LogP contribution in [0.1, 0.15) is 25.8 Å². The molecule has 0 aromatic heterocycles. The summed E-state index contributed by atoms with van der Waals surface area (Å²) in [7, 11) is 2.65. The van der Waals surface area contributed by atoms with Gasteiger partial charge >= 0.3 is 12.0 Å². The highest BCUT2D eigenvalue weighted by molar-refractivity contribution is 6.32. The number of imide groups is 1. The van der Waals surface area contributed by atoms with E-state index in [2.05, 4.69) is 10.1 Å². The molecule has 0 unspecified atom stereocenters. The summed E-state index contributed by atoms with van der Waals surface area (Å²) in [5.41, 5.74) is 0.537. The molecule has 1 fully saturated rings. The first-order valence-electron chi connectivity index (χ1n) is 8.26. The highest BCUT2D eigenvalue weighted by atomic mass is 35.5.